The Hall–Kier alpha value is -9.94. The van der Waals surface area contributed by atoms with Crippen LogP contribution in [0.3, 0.4) is 0 Å². The molecule has 2 saturated carbocycles. The first kappa shape index (κ1) is 124. The van der Waals surface area contributed by atoms with Crippen molar-refractivity contribution in [3.05, 3.63) is 156 Å². The smallest absolute Gasteiger partial charge is 0.339 e. The molecule has 150 heavy (non-hydrogen) atoms. The lowest BCUT2D eigenvalue weighted by Crippen LogP contribution is -2.64. The average Bonchev–Trinajstić information content (AvgIpc) is 0.767. The van der Waals surface area contributed by atoms with Crippen LogP contribution in [0.2, 0.25) is 0 Å². The third kappa shape index (κ3) is 33.3. The topological polar surface area (TPSA) is 515 Å². The van der Waals surface area contributed by atoms with Gasteiger partial charge in [-0.1, -0.05) is 122 Å². The molecule has 830 valence electrons. The Kier molecular flexibility index (Phi) is 47.6. The minimum atomic E-state index is -3.79. The average molecular weight is 2120 g/mol. The van der Waals surface area contributed by atoms with Gasteiger partial charge in [-0.3, -0.25) is 38.3 Å². The summed E-state index contributed by atoms with van der Waals surface area (Å²) >= 11 is 0. The number of anilines is 1. The molecule has 29 atom stereocenters. The van der Waals surface area contributed by atoms with Gasteiger partial charge in [-0.25, -0.2) is 27.8 Å². The second-order valence-electron chi connectivity index (χ2n) is 42.4. The van der Waals surface area contributed by atoms with E-state index in [9.17, 15) is 92.1 Å². The van der Waals surface area contributed by atoms with Crippen LogP contribution >= 0.6 is 0 Å². The first-order valence-corrected chi connectivity index (χ1v) is 54.2. The summed E-state index contributed by atoms with van der Waals surface area (Å²) in [6.45, 7) is 25.9. The molecule has 2 amide bonds. The van der Waals surface area contributed by atoms with Crippen molar-refractivity contribution in [2.75, 3.05) is 60.5 Å². The Labute approximate surface area is 882 Å². The molecule has 2 aliphatic carbocycles. The fourth-order valence-corrected chi connectivity index (χ4v) is 22.7. The van der Waals surface area contributed by atoms with Crippen molar-refractivity contribution in [2.24, 2.45) is 75.3 Å². The molecule has 6 fully saturated rings. The van der Waals surface area contributed by atoms with Crippen molar-refractivity contribution in [3.63, 3.8) is 0 Å². The van der Waals surface area contributed by atoms with Crippen LogP contribution in [0.5, 0.6) is 5.75 Å². The number of carbonyl (C=O) groups is 10. The first-order chi connectivity index (χ1) is 71.1. The number of azo groups is 1. The van der Waals surface area contributed by atoms with Gasteiger partial charge in [-0.05, 0) is 257 Å². The maximum Gasteiger partial charge on any atom is 0.339 e. The Morgan fingerprint density at radius 1 is 0.620 bits per heavy atom. The molecule has 6 aliphatic heterocycles. The number of fused-ring (bicyclic) bond motifs is 6. The summed E-state index contributed by atoms with van der Waals surface area (Å²) in [5.41, 5.74) is 3.17. The Bertz CT molecular complexity index is 5400. The van der Waals surface area contributed by atoms with E-state index in [2.05, 4.69) is 26.5 Å². The number of aromatic carboxylic acids is 1. The lowest BCUT2D eigenvalue weighted by molar-refractivity contribution is -0.302. The van der Waals surface area contributed by atoms with Crippen LogP contribution in [0.1, 0.15) is 241 Å². The van der Waals surface area contributed by atoms with Crippen LogP contribution < -0.4 is 4.72 Å². The number of nitrogens with one attached hydrogen (secondary N) is 1. The molecule has 4 bridgehead atoms. The zero-order chi connectivity index (χ0) is 111. The zero-order valence-electron chi connectivity index (χ0n) is 90.2. The lowest BCUT2D eigenvalue weighted by Gasteiger charge is -2.47. The molecule has 2 aromatic carbocycles. The van der Waals surface area contributed by atoms with Crippen LogP contribution in [0.4, 0.5) is 17.2 Å². The number of nitrogens with zero attached hydrogens (tertiary/aromatic N) is 5. The SMILES string of the molecule is C=CC[C@@H]1/C=C(\C)C[C@H](C)C[C@H](OC)[C@H]2O[C@@](O)(C(=O)C(=O)N3CCCC[C@H]3C(=O)O[C@H](/C(C)=C/[C@@H]3CC[C@@H](O)[C@H](OC)C3)[C@H](C)[C@@H](O)CC1=O)[C@H](C)C[C@@H]2OC.CO[C@H]1C[C@@H]2CC[C@@H](C)[C@@](O)(O2)C(=O)C(=O)N2CCCC[C@H]2C(=O)O[C@H]([C@H](C)C[C@@H]2CC[C@@H](O)[C@H](OC)C2)CC(=O)[C@H](C)/C=C(\C)[C@@H](O)[C@@H](OC)C(=O)[C@H](C)C[C@H](C)/C=C/C=CC=C1C.O=C(O)c1cc(N=Nc2ccc(S(=O)(=O)Nc3ccccn3)cc2)ccc1O. The number of ketones is 5. The number of hydrogen-bond donors (Lipinski definition) is 9. The van der Waals surface area contributed by atoms with Crippen molar-refractivity contribution >= 4 is 85.9 Å². The molecular weight excluding hydrogens is 1950 g/mol. The molecule has 37 heteroatoms. The van der Waals surface area contributed by atoms with Gasteiger partial charge in [-0.2, -0.15) is 10.2 Å². The maximum absolute atomic E-state index is 14.4. The van der Waals surface area contributed by atoms with Gasteiger partial charge in [0, 0.05) is 117 Å². The highest BCUT2D eigenvalue weighted by Crippen LogP contribution is 2.44. The van der Waals surface area contributed by atoms with Gasteiger partial charge in [0.2, 0.25) is 11.6 Å². The molecule has 11 rings (SSSR count). The molecular formula is C113H162N6O30S. The molecule has 7 heterocycles. The normalized spacial score (nSPS) is 34.7. The largest absolute Gasteiger partial charge is 0.507 e. The van der Waals surface area contributed by atoms with Gasteiger partial charge in [0.1, 0.15) is 71.3 Å². The number of sulfonamides is 1. The van der Waals surface area contributed by atoms with Gasteiger partial charge in [0.05, 0.1) is 71.2 Å². The number of rotatable bonds is 19. The van der Waals surface area contributed by atoms with Crippen molar-refractivity contribution < 1.29 is 145 Å². The summed E-state index contributed by atoms with van der Waals surface area (Å²) in [6, 6.07) is 12.0. The number of carboxylic acid groups (broad SMARTS) is 1. The summed E-state index contributed by atoms with van der Waals surface area (Å²) in [6.07, 6.45) is 17.6. The number of aliphatic hydroxyl groups excluding tert-OH is 4. The molecule has 3 aromatic rings. The quantitative estimate of drug-likeness (QED) is 0.0233. The number of Topliss-reactive ketones (excluding diaryl/α,β-unsaturated/α-hetero) is 5. The Balaban J connectivity index is 0.000000267. The fraction of sp³-hybridized carbons (Fsp3) is 0.637. The van der Waals surface area contributed by atoms with Crippen LogP contribution in [0.15, 0.2) is 166 Å². The van der Waals surface area contributed by atoms with E-state index >= 15 is 0 Å². The molecule has 1 aromatic heterocycles. The number of carboxylic acids is 1. The van der Waals surface area contributed by atoms with Gasteiger partial charge in [0.15, 0.2) is 5.78 Å². The van der Waals surface area contributed by atoms with Crippen molar-refractivity contribution in [1.29, 1.82) is 0 Å². The molecule has 9 N–H and O–H groups in total. The molecule has 0 spiro atoms. The molecule has 4 saturated heterocycles. The zero-order valence-corrected chi connectivity index (χ0v) is 91.0. The van der Waals surface area contributed by atoms with E-state index in [-0.39, 0.29) is 132 Å². The Morgan fingerprint density at radius 3 is 1.82 bits per heavy atom. The maximum atomic E-state index is 14.4. The van der Waals surface area contributed by atoms with Gasteiger partial charge in [-0.15, -0.1) is 6.58 Å². The third-order valence-electron chi connectivity index (χ3n) is 30.9. The number of benzene rings is 2. The predicted molar refractivity (Wildman–Crippen MR) is 558 cm³/mol. The highest BCUT2D eigenvalue weighted by atomic mass is 32.2. The van der Waals surface area contributed by atoms with Crippen LogP contribution in [-0.4, -0.2) is 288 Å². The number of esters is 2. The Morgan fingerprint density at radius 2 is 1.22 bits per heavy atom. The van der Waals surface area contributed by atoms with E-state index in [4.69, 9.17) is 52.5 Å². The van der Waals surface area contributed by atoms with E-state index in [1.54, 1.807) is 80.2 Å². The second kappa shape index (κ2) is 57.8. The summed E-state index contributed by atoms with van der Waals surface area (Å²) < 4.78 is 86.2. The number of aromatic hydroxyl groups is 1. The summed E-state index contributed by atoms with van der Waals surface area (Å²) in [4.78, 5) is 145. The summed E-state index contributed by atoms with van der Waals surface area (Å²) in [5.74, 6) is -17.2. The van der Waals surface area contributed by atoms with E-state index in [0.29, 0.717) is 126 Å². The number of cyclic esters (lactones) is 2. The molecule has 36 nitrogen and oxygen atoms in total. The highest BCUT2D eigenvalue weighted by molar-refractivity contribution is 7.92. The minimum absolute atomic E-state index is 0.00988. The number of aliphatic hydroxyl groups is 6. The number of carbonyl (C=O) groups excluding carboxylic acids is 9. The number of pyridine rings is 1. The molecule has 0 radical (unpaired) electrons. The van der Waals surface area contributed by atoms with E-state index < -0.39 is 184 Å². The van der Waals surface area contributed by atoms with Gasteiger partial charge < -0.3 is 98.0 Å². The van der Waals surface area contributed by atoms with Crippen LogP contribution in [0, 0.1) is 65.1 Å². The van der Waals surface area contributed by atoms with Crippen molar-refractivity contribution in [3.8, 4) is 5.75 Å². The fourth-order valence-electron chi connectivity index (χ4n) is 21.7. The predicted octanol–water partition coefficient (Wildman–Crippen LogP) is 14.5. The van der Waals surface area contributed by atoms with E-state index in [1.807, 2.05) is 91.0 Å². The minimum Gasteiger partial charge on any atom is -0.507 e. The second-order valence-corrected chi connectivity index (χ2v) is 44.1. The highest BCUT2D eigenvalue weighted by Gasteiger charge is 2.58. The number of ether oxygens (including phenoxy) is 10. The summed E-state index contributed by atoms with van der Waals surface area (Å²) in [5, 5.41) is 94.3. The molecule has 8 aliphatic rings. The summed E-state index contributed by atoms with van der Waals surface area (Å²) in [7, 11) is 5.34. The number of piperidine rings is 2. The van der Waals surface area contributed by atoms with Crippen LogP contribution in [-0.2, 0) is 101 Å². The van der Waals surface area contributed by atoms with Crippen molar-refractivity contribution in [1.82, 2.24) is 14.8 Å². The number of methoxy groups -OCH3 is 6. The van der Waals surface area contributed by atoms with E-state index in [1.165, 1.54) is 85.9 Å². The number of aromatic nitrogens is 1. The van der Waals surface area contributed by atoms with Crippen LogP contribution in [0.25, 0.3) is 0 Å². The lowest BCUT2D eigenvalue weighted by atomic mass is 9.78. The number of phenols is 1. The standard InChI is InChI=1S/C51H79NO13.C44H69NO12.C18H14N4O5S/c1-30-16-12-11-13-17-31(2)42(61-8)28-38-21-19-36(7)51(60,65-38)48(57)49(58)52-23-15-14-18-39(52)50(59)64-43(33(4)26-37-20-22-40(53)44(27-37)62-9)29-41(54)32(3)25-35(6)46(56)47(63-10)45(55)34(5)24-30;1-10-13-31-19-25(2)18-26(3)20-37(54-8)40-38(55-9)22-28(5)44(52,57-40)41(49)42(50)45-17-12-11-14-32(45)43(51)56-39(29(6)34(47)24-35(31)48)27(4)21-30-15-16-33(46)36(23-30)53-7;23-16-9-6-13(11-15(16)18(24)25)21-20-12-4-7-14(8-5-12)28(26,27)22-17-3-1-2-10-19-17/h11-13,16-17,25,30,32-34,36-40,42-44,46-47,53,56,60H,14-15,18-24,26-29H2,1-10H3;10,19,21,26,28-34,36-40,46-47,52H,1,11-18,20,22-24H2,2-9H3;1-11,23H,(H,19,22)(H,24,25)/b13-11?,16-12+,31-17?,35-25+;25-19+,27-21+;/t30-,32-,33-,34-,36-,37+,38+,39+,40-,42+,43+,44-,46-,47+,51-;26-,28+,29+,30-,31+,32-,33+,34-,36+,37-,38-,39+,40+,44+;/m10./s1. The van der Waals surface area contributed by atoms with Gasteiger partial charge in [0.25, 0.3) is 33.4 Å². The monoisotopic (exact) mass is 2120 g/mol. The molecule has 0 unspecified atom stereocenters. The number of hydrogen-bond acceptors (Lipinski definition) is 32. The van der Waals surface area contributed by atoms with E-state index in [0.717, 1.165) is 17.6 Å². The first-order valence-electron chi connectivity index (χ1n) is 52.7. The number of allylic oxidation sites excluding steroid dienone is 10. The third-order valence-corrected chi connectivity index (χ3v) is 32.3. The van der Waals surface area contributed by atoms with Crippen molar-refractivity contribution in [2.45, 2.75) is 345 Å². The number of amides is 2. The van der Waals surface area contributed by atoms with Gasteiger partial charge >= 0.3 is 17.9 Å².